The lowest BCUT2D eigenvalue weighted by Crippen LogP contribution is -2.49. The molecule has 0 radical (unpaired) electrons. The van der Waals surface area contributed by atoms with Gasteiger partial charge in [-0.25, -0.2) is 0 Å². The molecule has 5 heteroatoms. The average molecular weight is 354 g/mol. The Hall–Kier alpha value is -0.810. The van der Waals surface area contributed by atoms with E-state index in [1.54, 1.807) is 0 Å². The van der Waals surface area contributed by atoms with E-state index in [-0.39, 0.29) is 5.91 Å². The highest BCUT2D eigenvalue weighted by molar-refractivity contribution is 9.10. The predicted molar refractivity (Wildman–Crippen MR) is 87.5 cm³/mol. The molecule has 0 saturated carbocycles. The molecule has 2 saturated heterocycles. The van der Waals surface area contributed by atoms with Gasteiger partial charge in [0, 0.05) is 36.3 Å². The van der Waals surface area contributed by atoms with Crippen molar-refractivity contribution in [2.75, 3.05) is 26.2 Å². The van der Waals surface area contributed by atoms with E-state index in [4.69, 9.17) is 0 Å². The van der Waals surface area contributed by atoms with Crippen molar-refractivity contribution in [1.29, 1.82) is 0 Å². The summed E-state index contributed by atoms with van der Waals surface area (Å²) < 4.78 is 3.02. The maximum atomic E-state index is 12.8. The minimum absolute atomic E-state index is 0.187. The molecule has 1 unspecified atom stereocenters. The van der Waals surface area contributed by atoms with E-state index in [1.165, 1.54) is 32.4 Å². The highest BCUT2D eigenvalue weighted by atomic mass is 79.9. The molecule has 21 heavy (non-hydrogen) atoms. The van der Waals surface area contributed by atoms with Crippen LogP contribution in [0.5, 0.6) is 0 Å². The Morgan fingerprint density at radius 1 is 1.29 bits per heavy atom. The number of carbonyl (C=O) groups is 1. The van der Waals surface area contributed by atoms with Crippen LogP contribution in [0.3, 0.4) is 0 Å². The van der Waals surface area contributed by atoms with E-state index in [0.717, 1.165) is 36.2 Å². The van der Waals surface area contributed by atoms with Gasteiger partial charge in [-0.2, -0.15) is 0 Å². The summed E-state index contributed by atoms with van der Waals surface area (Å²) in [6, 6.07) is 2.52. The minimum atomic E-state index is 0.187. The largest absolute Gasteiger partial charge is 0.343 e. The number of hydrogen-bond donors (Lipinski definition) is 0. The van der Waals surface area contributed by atoms with E-state index in [2.05, 4.69) is 32.7 Å². The van der Waals surface area contributed by atoms with Crippen molar-refractivity contribution >= 4 is 21.8 Å². The molecule has 2 aliphatic rings. The SMILES string of the molecule is CCn1cc(Br)cc1C(=O)N1CCCC(N2CCCC2)C1. The molecule has 0 spiro atoms. The average Bonchev–Trinajstić information content (AvgIpc) is 3.15. The zero-order chi connectivity index (χ0) is 14.8. The van der Waals surface area contributed by atoms with Crippen LogP contribution in [0.2, 0.25) is 0 Å². The van der Waals surface area contributed by atoms with Crippen molar-refractivity contribution < 1.29 is 4.79 Å². The Kier molecular flexibility index (Phi) is 4.69. The van der Waals surface area contributed by atoms with Crippen LogP contribution in [0.25, 0.3) is 0 Å². The van der Waals surface area contributed by atoms with E-state index in [0.29, 0.717) is 6.04 Å². The first-order chi connectivity index (χ1) is 10.2. The zero-order valence-corrected chi connectivity index (χ0v) is 14.3. The van der Waals surface area contributed by atoms with Crippen molar-refractivity contribution in [3.63, 3.8) is 0 Å². The molecule has 1 aromatic rings. The Balaban J connectivity index is 1.71. The van der Waals surface area contributed by atoms with E-state index >= 15 is 0 Å². The lowest BCUT2D eigenvalue weighted by molar-refractivity contribution is 0.0597. The smallest absolute Gasteiger partial charge is 0.270 e. The van der Waals surface area contributed by atoms with Crippen molar-refractivity contribution in [3.8, 4) is 0 Å². The first-order valence-electron chi connectivity index (χ1n) is 8.08. The van der Waals surface area contributed by atoms with Gasteiger partial charge in [0.1, 0.15) is 5.69 Å². The second kappa shape index (κ2) is 6.53. The van der Waals surface area contributed by atoms with Crippen LogP contribution in [0.15, 0.2) is 16.7 Å². The third kappa shape index (κ3) is 3.19. The molecule has 1 aromatic heterocycles. The maximum absolute atomic E-state index is 12.8. The van der Waals surface area contributed by atoms with Gasteiger partial charge in [0.25, 0.3) is 5.91 Å². The number of halogens is 1. The fourth-order valence-electron chi connectivity index (χ4n) is 3.62. The first kappa shape index (κ1) is 15.1. The van der Waals surface area contributed by atoms with Gasteiger partial charge in [-0.15, -0.1) is 0 Å². The standard InChI is InChI=1S/C16H24BrN3O/c1-2-18-11-13(17)10-15(18)16(21)20-9-5-6-14(12-20)19-7-3-4-8-19/h10-11,14H,2-9,12H2,1H3. The minimum Gasteiger partial charge on any atom is -0.343 e. The third-order valence-corrected chi connectivity index (χ3v) is 5.20. The zero-order valence-electron chi connectivity index (χ0n) is 12.7. The number of piperidine rings is 1. The Morgan fingerprint density at radius 2 is 2.05 bits per heavy atom. The number of nitrogens with zero attached hydrogens (tertiary/aromatic N) is 3. The van der Waals surface area contributed by atoms with Gasteiger partial charge in [-0.1, -0.05) is 0 Å². The topological polar surface area (TPSA) is 28.5 Å². The molecule has 2 fully saturated rings. The summed E-state index contributed by atoms with van der Waals surface area (Å²) in [5, 5.41) is 0. The van der Waals surface area contributed by atoms with Crippen molar-refractivity contribution in [1.82, 2.24) is 14.4 Å². The van der Waals surface area contributed by atoms with Gasteiger partial charge in [-0.05, 0) is 67.7 Å². The van der Waals surface area contributed by atoms with Crippen LogP contribution in [-0.4, -0.2) is 52.5 Å². The highest BCUT2D eigenvalue weighted by Crippen LogP contribution is 2.23. The molecule has 2 aliphatic heterocycles. The maximum Gasteiger partial charge on any atom is 0.270 e. The molecule has 0 aromatic carbocycles. The third-order valence-electron chi connectivity index (χ3n) is 4.76. The normalized spacial score (nSPS) is 23.7. The van der Waals surface area contributed by atoms with Gasteiger partial charge >= 0.3 is 0 Å². The van der Waals surface area contributed by atoms with Gasteiger partial charge in [0.2, 0.25) is 0 Å². The molecule has 116 valence electrons. The van der Waals surface area contributed by atoms with Crippen molar-refractivity contribution in [3.05, 3.63) is 22.4 Å². The van der Waals surface area contributed by atoms with Crippen molar-refractivity contribution in [2.45, 2.75) is 45.2 Å². The van der Waals surface area contributed by atoms with Gasteiger partial charge in [0.05, 0.1) is 0 Å². The number of hydrogen-bond acceptors (Lipinski definition) is 2. The molecule has 4 nitrogen and oxygen atoms in total. The summed E-state index contributed by atoms with van der Waals surface area (Å²) in [6.45, 7) is 7.12. The summed E-state index contributed by atoms with van der Waals surface area (Å²) in [4.78, 5) is 17.5. The predicted octanol–water partition coefficient (Wildman–Crippen LogP) is 2.97. The highest BCUT2D eigenvalue weighted by Gasteiger charge is 2.30. The summed E-state index contributed by atoms with van der Waals surface area (Å²) in [5.41, 5.74) is 0.812. The van der Waals surface area contributed by atoms with Crippen LogP contribution < -0.4 is 0 Å². The Labute approximate surface area is 135 Å². The molecule has 0 bridgehead atoms. The fraction of sp³-hybridized carbons (Fsp3) is 0.688. The Morgan fingerprint density at radius 3 is 2.76 bits per heavy atom. The van der Waals surface area contributed by atoms with Crippen LogP contribution in [0.4, 0.5) is 0 Å². The monoisotopic (exact) mass is 353 g/mol. The molecule has 3 heterocycles. The fourth-order valence-corrected chi connectivity index (χ4v) is 4.09. The van der Waals surface area contributed by atoms with Crippen LogP contribution in [-0.2, 0) is 6.54 Å². The summed E-state index contributed by atoms with van der Waals surface area (Å²) in [7, 11) is 0. The lowest BCUT2D eigenvalue weighted by Gasteiger charge is -2.37. The molecular formula is C16H24BrN3O. The molecule has 0 aliphatic carbocycles. The lowest BCUT2D eigenvalue weighted by atomic mass is 10.0. The number of aromatic nitrogens is 1. The molecule has 1 atom stereocenters. The van der Waals surface area contributed by atoms with E-state index < -0.39 is 0 Å². The first-order valence-corrected chi connectivity index (χ1v) is 8.87. The molecule has 1 amide bonds. The number of carbonyl (C=O) groups excluding carboxylic acids is 1. The van der Waals surface area contributed by atoms with Gasteiger partial charge in [0.15, 0.2) is 0 Å². The van der Waals surface area contributed by atoms with Gasteiger partial charge < -0.3 is 9.47 Å². The molecule has 3 rings (SSSR count). The number of rotatable bonds is 3. The summed E-state index contributed by atoms with van der Waals surface area (Å²) in [5.74, 6) is 0.187. The van der Waals surface area contributed by atoms with E-state index in [1.807, 2.05) is 16.8 Å². The quantitative estimate of drug-likeness (QED) is 0.835. The van der Waals surface area contributed by atoms with Crippen LogP contribution in [0.1, 0.15) is 43.1 Å². The van der Waals surface area contributed by atoms with Crippen LogP contribution in [0, 0.1) is 0 Å². The molecule has 0 N–H and O–H groups in total. The number of likely N-dealkylation sites (tertiary alicyclic amines) is 2. The summed E-state index contributed by atoms with van der Waals surface area (Å²) >= 11 is 3.48. The van der Waals surface area contributed by atoms with E-state index in [9.17, 15) is 4.79 Å². The Bertz CT molecular complexity index is 508. The second-order valence-corrected chi connectivity index (χ2v) is 7.04. The second-order valence-electron chi connectivity index (χ2n) is 6.12. The van der Waals surface area contributed by atoms with Crippen molar-refractivity contribution in [2.24, 2.45) is 0 Å². The van der Waals surface area contributed by atoms with Gasteiger partial charge in [-0.3, -0.25) is 9.69 Å². The molecular weight excluding hydrogens is 330 g/mol. The van der Waals surface area contributed by atoms with Crippen LogP contribution >= 0.6 is 15.9 Å². The summed E-state index contributed by atoms with van der Waals surface area (Å²) in [6.07, 6.45) is 6.99. The number of amides is 1. The number of aryl methyl sites for hydroxylation is 1.